The third-order valence-electron chi connectivity index (χ3n) is 6.31. The summed E-state index contributed by atoms with van der Waals surface area (Å²) in [4.78, 5) is 4.97. The molecular weight excluding hydrogens is 418 g/mol. The van der Waals surface area contributed by atoms with E-state index in [-0.39, 0.29) is 16.7 Å². The van der Waals surface area contributed by atoms with Crippen LogP contribution in [0.25, 0.3) is 0 Å². The number of aliphatic imine (C=N–C) groups is 1. The first kappa shape index (κ1) is 25.6. The van der Waals surface area contributed by atoms with E-state index >= 15 is 0 Å². The first-order valence-corrected chi connectivity index (χ1v) is 11.9. The highest BCUT2D eigenvalue weighted by Crippen LogP contribution is 2.40. The van der Waals surface area contributed by atoms with Crippen LogP contribution in [0.3, 0.4) is 0 Å². The molecule has 3 aromatic carbocycles. The van der Waals surface area contributed by atoms with Crippen LogP contribution in [0.1, 0.15) is 75.3 Å². The molecule has 0 heterocycles. The van der Waals surface area contributed by atoms with Crippen molar-refractivity contribution >= 4 is 11.6 Å². The van der Waals surface area contributed by atoms with Crippen LogP contribution in [0, 0.1) is 6.92 Å². The molecule has 0 saturated heterocycles. The maximum absolute atomic E-state index is 6.03. The molecule has 0 amide bonds. The Balaban J connectivity index is 2.36. The van der Waals surface area contributed by atoms with Crippen molar-refractivity contribution in [1.82, 2.24) is 0 Å². The molecule has 3 aromatic rings. The number of methoxy groups -OCH3 is 2. The lowest BCUT2D eigenvalue weighted by Crippen LogP contribution is -2.21. The Morgan fingerprint density at radius 2 is 1.29 bits per heavy atom. The van der Waals surface area contributed by atoms with Gasteiger partial charge in [0.1, 0.15) is 5.75 Å². The lowest BCUT2D eigenvalue weighted by Gasteiger charge is -2.28. The number of benzene rings is 3. The molecule has 0 saturated carbocycles. The van der Waals surface area contributed by atoms with E-state index in [1.807, 2.05) is 30.3 Å². The molecule has 0 fully saturated rings. The molecule has 0 aliphatic heterocycles. The molecule has 1 unspecified atom stereocenters. The molecule has 0 aliphatic rings. The number of nitrogens with zero attached hydrogens (tertiary/aromatic N) is 1. The van der Waals surface area contributed by atoms with Gasteiger partial charge in [0.15, 0.2) is 0 Å². The minimum Gasteiger partial charge on any atom is -0.496 e. The zero-order valence-electron chi connectivity index (χ0n) is 22.2. The Morgan fingerprint density at radius 1 is 0.735 bits per heavy atom. The van der Waals surface area contributed by atoms with Crippen molar-refractivity contribution in [2.45, 2.75) is 65.2 Å². The summed E-state index contributed by atoms with van der Waals surface area (Å²) in [6.45, 7) is 15.6. The number of aryl methyl sites for hydroxylation is 1. The maximum Gasteiger partial charge on any atom is 0.200 e. The number of hydrogen-bond acceptors (Lipinski definition) is 3. The van der Waals surface area contributed by atoms with Crippen molar-refractivity contribution in [3.8, 4) is 5.75 Å². The molecule has 0 radical (unpaired) electrons. The van der Waals surface area contributed by atoms with Crippen LogP contribution < -0.4 is 4.74 Å². The fourth-order valence-corrected chi connectivity index (χ4v) is 4.14. The van der Waals surface area contributed by atoms with E-state index in [1.165, 1.54) is 22.3 Å². The molecule has 0 aliphatic carbocycles. The Morgan fingerprint density at radius 3 is 1.82 bits per heavy atom. The average Bonchev–Trinajstić information content (AvgIpc) is 2.78. The minimum atomic E-state index is -0.218. The van der Waals surface area contributed by atoms with E-state index in [4.69, 9.17) is 14.5 Å². The van der Waals surface area contributed by atoms with Crippen LogP contribution >= 0.6 is 0 Å². The van der Waals surface area contributed by atoms with Gasteiger partial charge in [-0.3, -0.25) is 0 Å². The predicted octanol–water partition coefficient (Wildman–Crippen LogP) is 8.11. The standard InChI is InChI=1S/C31H39NO2/c1-21-15-16-22(30(2,3)4)19-25(21)28(29(34-9)32-24-13-11-10-12-14-24)26-20-23(31(5,6)7)17-18-27(26)33-8/h10-20,28H,1-9H3/b32-29-. The quantitative estimate of drug-likeness (QED) is 0.286. The van der Waals surface area contributed by atoms with Crippen molar-refractivity contribution in [2.24, 2.45) is 4.99 Å². The van der Waals surface area contributed by atoms with Crippen molar-refractivity contribution in [2.75, 3.05) is 14.2 Å². The fraction of sp³-hybridized carbons (Fsp3) is 0.387. The highest BCUT2D eigenvalue weighted by atomic mass is 16.5. The van der Waals surface area contributed by atoms with Crippen LogP contribution in [0.15, 0.2) is 71.7 Å². The maximum atomic E-state index is 6.03. The normalized spacial score (nSPS) is 13.5. The lowest BCUT2D eigenvalue weighted by atomic mass is 9.79. The highest BCUT2D eigenvalue weighted by Gasteiger charge is 2.30. The summed E-state index contributed by atoms with van der Waals surface area (Å²) in [5.74, 6) is 1.26. The molecule has 0 N–H and O–H groups in total. The molecule has 0 spiro atoms. The van der Waals surface area contributed by atoms with Gasteiger partial charge >= 0.3 is 0 Å². The van der Waals surface area contributed by atoms with E-state index in [9.17, 15) is 0 Å². The van der Waals surface area contributed by atoms with E-state index in [0.29, 0.717) is 5.90 Å². The Hall–Kier alpha value is -3.07. The molecule has 3 heteroatoms. The third-order valence-corrected chi connectivity index (χ3v) is 6.31. The Bertz CT molecular complexity index is 1150. The van der Waals surface area contributed by atoms with Gasteiger partial charge in [-0.1, -0.05) is 90.1 Å². The van der Waals surface area contributed by atoms with Crippen molar-refractivity contribution in [1.29, 1.82) is 0 Å². The fourth-order valence-electron chi connectivity index (χ4n) is 4.14. The largest absolute Gasteiger partial charge is 0.496 e. The summed E-state index contributed by atoms with van der Waals surface area (Å²) in [6.07, 6.45) is 0. The van der Waals surface area contributed by atoms with Gasteiger partial charge in [0.25, 0.3) is 0 Å². The van der Waals surface area contributed by atoms with Gasteiger partial charge in [-0.25, -0.2) is 4.99 Å². The summed E-state index contributed by atoms with van der Waals surface area (Å²) in [5.41, 5.74) is 6.83. The first-order valence-electron chi connectivity index (χ1n) is 11.9. The summed E-state index contributed by atoms with van der Waals surface area (Å²) in [7, 11) is 3.43. The molecule has 3 nitrogen and oxygen atoms in total. The Kier molecular flexibility index (Phi) is 7.55. The van der Waals surface area contributed by atoms with E-state index in [2.05, 4.69) is 84.9 Å². The first-order chi connectivity index (χ1) is 16.0. The SMILES string of the molecule is CO/C(=N\c1ccccc1)C(c1cc(C(C)(C)C)ccc1C)c1cc(C(C)(C)C)ccc1OC. The van der Waals surface area contributed by atoms with Crippen LogP contribution in [-0.4, -0.2) is 20.1 Å². The van der Waals surface area contributed by atoms with Gasteiger partial charge in [0.2, 0.25) is 5.90 Å². The molecule has 0 aromatic heterocycles. The van der Waals surface area contributed by atoms with Gasteiger partial charge < -0.3 is 9.47 Å². The third kappa shape index (κ3) is 5.70. The van der Waals surface area contributed by atoms with E-state index < -0.39 is 0 Å². The summed E-state index contributed by atoms with van der Waals surface area (Å²) >= 11 is 0. The number of hydrogen-bond donors (Lipinski definition) is 0. The second-order valence-electron chi connectivity index (χ2n) is 11.0. The number of rotatable bonds is 5. The molecule has 0 bridgehead atoms. The van der Waals surface area contributed by atoms with Crippen molar-refractivity contribution in [3.63, 3.8) is 0 Å². The molecule has 34 heavy (non-hydrogen) atoms. The number of para-hydroxylation sites is 1. The summed E-state index contributed by atoms with van der Waals surface area (Å²) in [6, 6.07) is 23.2. The van der Waals surface area contributed by atoms with Gasteiger partial charge in [-0.05, 0) is 58.2 Å². The molecule has 180 valence electrons. The van der Waals surface area contributed by atoms with Crippen molar-refractivity contribution < 1.29 is 9.47 Å². The topological polar surface area (TPSA) is 30.8 Å². The van der Waals surface area contributed by atoms with Crippen LogP contribution in [0.5, 0.6) is 5.75 Å². The molecule has 1 atom stereocenters. The Labute approximate surface area is 205 Å². The van der Waals surface area contributed by atoms with Crippen molar-refractivity contribution in [3.05, 3.63) is 94.5 Å². The van der Waals surface area contributed by atoms with E-state index in [0.717, 1.165) is 17.0 Å². The molecular formula is C31H39NO2. The summed E-state index contributed by atoms with van der Waals surface area (Å²) in [5, 5.41) is 0. The summed E-state index contributed by atoms with van der Waals surface area (Å²) < 4.78 is 11.9. The predicted molar refractivity (Wildman–Crippen MR) is 144 cm³/mol. The lowest BCUT2D eigenvalue weighted by molar-refractivity contribution is 0.381. The second kappa shape index (κ2) is 10.0. The number of ether oxygens (including phenoxy) is 2. The monoisotopic (exact) mass is 457 g/mol. The van der Waals surface area contributed by atoms with Crippen LogP contribution in [0.4, 0.5) is 5.69 Å². The smallest absolute Gasteiger partial charge is 0.200 e. The molecule has 3 rings (SSSR count). The van der Waals surface area contributed by atoms with Gasteiger partial charge in [-0.2, -0.15) is 0 Å². The zero-order valence-corrected chi connectivity index (χ0v) is 22.2. The van der Waals surface area contributed by atoms with E-state index in [1.54, 1.807) is 14.2 Å². The zero-order chi connectivity index (χ0) is 25.1. The van der Waals surface area contributed by atoms with Gasteiger partial charge in [-0.15, -0.1) is 0 Å². The minimum absolute atomic E-state index is 0.00230. The van der Waals surface area contributed by atoms with Crippen LogP contribution in [0.2, 0.25) is 0 Å². The van der Waals surface area contributed by atoms with Crippen LogP contribution in [-0.2, 0) is 15.6 Å². The second-order valence-corrected chi connectivity index (χ2v) is 11.0. The van der Waals surface area contributed by atoms with Gasteiger partial charge in [0, 0.05) is 5.56 Å². The average molecular weight is 458 g/mol. The van der Waals surface area contributed by atoms with Gasteiger partial charge in [0.05, 0.1) is 25.8 Å². The highest BCUT2D eigenvalue weighted by molar-refractivity contribution is 5.90.